The van der Waals surface area contributed by atoms with Crippen molar-refractivity contribution in [1.29, 1.82) is 0 Å². The fraction of sp³-hybridized carbons (Fsp3) is 0.478. The molecule has 3 heterocycles. The van der Waals surface area contributed by atoms with E-state index in [9.17, 15) is 4.79 Å². The average Bonchev–Trinajstić information content (AvgIpc) is 3.17. The van der Waals surface area contributed by atoms with Crippen molar-refractivity contribution in [3.8, 4) is 0 Å². The van der Waals surface area contributed by atoms with Crippen molar-refractivity contribution in [1.82, 2.24) is 25.1 Å². The van der Waals surface area contributed by atoms with Crippen LogP contribution in [0.3, 0.4) is 0 Å². The highest BCUT2D eigenvalue weighted by molar-refractivity contribution is 7.99. The number of benzene rings is 1. The summed E-state index contributed by atoms with van der Waals surface area (Å²) in [5.74, 6) is 1.01. The van der Waals surface area contributed by atoms with Crippen LogP contribution in [0.15, 0.2) is 41.7 Å². The van der Waals surface area contributed by atoms with Gasteiger partial charge in [-0.05, 0) is 24.8 Å². The number of carbonyl (C=O) groups excluding carboxylic acids is 1. The van der Waals surface area contributed by atoms with Crippen LogP contribution in [0.2, 0.25) is 0 Å². The van der Waals surface area contributed by atoms with E-state index in [1.54, 1.807) is 11.8 Å². The van der Waals surface area contributed by atoms with Crippen LogP contribution in [0.1, 0.15) is 38.7 Å². The number of thioether (sulfide) groups is 1. The van der Waals surface area contributed by atoms with Crippen LogP contribution in [0, 0.1) is 0 Å². The summed E-state index contributed by atoms with van der Waals surface area (Å²) in [5.41, 5.74) is 1.86. The summed E-state index contributed by atoms with van der Waals surface area (Å²) in [6.45, 7) is 7.44. The van der Waals surface area contributed by atoms with E-state index in [-0.39, 0.29) is 5.91 Å². The Morgan fingerprint density at radius 2 is 1.90 bits per heavy atom. The Labute approximate surface area is 187 Å². The van der Waals surface area contributed by atoms with Gasteiger partial charge in [-0.3, -0.25) is 4.79 Å². The summed E-state index contributed by atoms with van der Waals surface area (Å²) in [5, 5.41) is 9.76. The molecular weight excluding hydrogens is 408 g/mol. The van der Waals surface area contributed by atoms with Gasteiger partial charge in [0.25, 0.3) is 0 Å². The second kappa shape index (κ2) is 10.1. The number of anilines is 1. The maximum absolute atomic E-state index is 12.3. The molecule has 3 aromatic rings. The average molecular weight is 439 g/mol. The summed E-state index contributed by atoms with van der Waals surface area (Å²) >= 11 is 1.67. The third-order valence-corrected chi connectivity index (χ3v) is 6.17. The minimum atomic E-state index is 0.0161. The van der Waals surface area contributed by atoms with Crippen LogP contribution in [0.4, 0.5) is 5.82 Å². The zero-order chi connectivity index (χ0) is 21.6. The highest BCUT2D eigenvalue weighted by Gasteiger charge is 2.20. The summed E-state index contributed by atoms with van der Waals surface area (Å²) in [6, 6.07) is 9.78. The van der Waals surface area contributed by atoms with E-state index in [4.69, 9.17) is 9.97 Å². The Morgan fingerprint density at radius 1 is 1.13 bits per heavy atom. The first kappa shape index (κ1) is 21.6. The molecule has 0 bridgehead atoms. The van der Waals surface area contributed by atoms with Gasteiger partial charge in [-0.1, -0.05) is 55.9 Å². The van der Waals surface area contributed by atoms with Crippen molar-refractivity contribution in [3.05, 3.63) is 42.1 Å². The monoisotopic (exact) mass is 438 g/mol. The minimum absolute atomic E-state index is 0.0161. The van der Waals surface area contributed by atoms with Gasteiger partial charge in [0.1, 0.15) is 5.82 Å². The van der Waals surface area contributed by atoms with Gasteiger partial charge in [0.15, 0.2) is 10.8 Å². The zero-order valence-electron chi connectivity index (χ0n) is 18.3. The quantitative estimate of drug-likeness (QED) is 0.427. The van der Waals surface area contributed by atoms with Crippen molar-refractivity contribution in [2.24, 2.45) is 0 Å². The van der Waals surface area contributed by atoms with E-state index in [0.717, 1.165) is 40.7 Å². The fourth-order valence-corrected chi connectivity index (χ4v) is 4.54. The Balaban J connectivity index is 1.49. The molecule has 1 N–H and O–H groups in total. The lowest BCUT2D eigenvalue weighted by atomic mass is 10.1. The number of nitrogens with one attached hydrogen (secondary N) is 1. The van der Waals surface area contributed by atoms with E-state index in [0.29, 0.717) is 24.8 Å². The molecule has 0 unspecified atom stereocenters. The predicted molar refractivity (Wildman–Crippen MR) is 126 cm³/mol. The molecule has 1 aliphatic rings. The van der Waals surface area contributed by atoms with Crippen LogP contribution in [0.5, 0.6) is 0 Å². The summed E-state index contributed by atoms with van der Waals surface area (Å²) in [6.07, 6.45) is 5.92. The van der Waals surface area contributed by atoms with Gasteiger partial charge >= 0.3 is 0 Å². The lowest BCUT2D eigenvalue weighted by molar-refractivity contribution is -0.120. The number of fused-ring (bicyclic) bond motifs is 1. The molecule has 0 radical (unpaired) electrons. The Hall–Kier alpha value is -2.61. The third kappa shape index (κ3) is 5.55. The highest BCUT2D eigenvalue weighted by Crippen LogP contribution is 2.30. The molecule has 4 rings (SSSR count). The Kier molecular flexibility index (Phi) is 7.06. The summed E-state index contributed by atoms with van der Waals surface area (Å²) in [7, 11) is 0. The second-order valence-corrected chi connectivity index (χ2v) is 9.71. The molecular formula is C23H30N6OS. The van der Waals surface area contributed by atoms with E-state index in [2.05, 4.69) is 29.2 Å². The van der Waals surface area contributed by atoms with Crippen LogP contribution in [-0.4, -0.2) is 50.5 Å². The molecule has 0 aliphatic carbocycles. The van der Waals surface area contributed by atoms with Crippen LogP contribution in [-0.2, 0) is 17.8 Å². The Bertz CT molecular complexity index is 1010. The topological polar surface area (TPSA) is 75.9 Å². The number of piperidine rings is 1. The molecule has 31 heavy (non-hydrogen) atoms. The lowest BCUT2D eigenvalue weighted by Gasteiger charge is -2.28. The normalized spacial score (nSPS) is 14.4. The number of aromatic nitrogens is 4. The molecule has 0 saturated carbocycles. The first-order valence-corrected chi connectivity index (χ1v) is 11.9. The van der Waals surface area contributed by atoms with E-state index in [1.807, 2.05) is 41.2 Å². The fourth-order valence-electron chi connectivity index (χ4n) is 3.84. The van der Waals surface area contributed by atoms with Gasteiger partial charge in [0.05, 0.1) is 24.5 Å². The van der Waals surface area contributed by atoms with Gasteiger partial charge < -0.3 is 10.2 Å². The molecule has 0 atom stereocenters. The number of hydrogen-bond donors (Lipinski definition) is 1. The molecule has 1 saturated heterocycles. The largest absolute Gasteiger partial charge is 0.356 e. The number of nitrogens with zero attached hydrogens (tertiary/aromatic N) is 5. The van der Waals surface area contributed by atoms with Gasteiger partial charge in [-0.25, -0.2) is 14.6 Å². The zero-order valence-corrected chi connectivity index (χ0v) is 19.1. The van der Waals surface area contributed by atoms with Crippen LogP contribution in [0.25, 0.3) is 11.0 Å². The summed E-state index contributed by atoms with van der Waals surface area (Å²) in [4.78, 5) is 24.3. The number of amides is 1. The molecule has 1 aliphatic heterocycles. The molecule has 2 aromatic heterocycles. The van der Waals surface area contributed by atoms with Crippen molar-refractivity contribution in [2.75, 3.05) is 24.5 Å². The minimum Gasteiger partial charge on any atom is -0.356 e. The molecule has 1 fully saturated rings. The van der Waals surface area contributed by atoms with Crippen molar-refractivity contribution in [2.45, 2.75) is 56.5 Å². The van der Waals surface area contributed by atoms with E-state index >= 15 is 0 Å². The van der Waals surface area contributed by atoms with Crippen LogP contribution < -0.4 is 10.2 Å². The molecule has 0 spiro atoms. The van der Waals surface area contributed by atoms with Crippen molar-refractivity contribution < 1.29 is 4.79 Å². The molecule has 1 amide bonds. The SMILES string of the molecule is CC(C)Sc1nc(N2CCCCC2)c2cnn(CCNC(=O)Cc3ccccc3)c2n1. The smallest absolute Gasteiger partial charge is 0.224 e. The van der Waals surface area contributed by atoms with Gasteiger partial charge in [0.2, 0.25) is 5.91 Å². The molecule has 164 valence electrons. The molecule has 8 heteroatoms. The number of carbonyl (C=O) groups is 1. The van der Waals surface area contributed by atoms with E-state index in [1.165, 1.54) is 19.3 Å². The number of rotatable bonds is 8. The molecule has 7 nitrogen and oxygen atoms in total. The summed E-state index contributed by atoms with van der Waals surface area (Å²) < 4.78 is 1.89. The standard InChI is InChI=1S/C23H30N6OS/c1-17(2)31-23-26-21(28-12-7-4-8-13-28)19-16-25-29(22(19)27-23)14-11-24-20(30)15-18-9-5-3-6-10-18/h3,5-6,9-10,16-17H,4,7-8,11-15H2,1-2H3,(H,24,30). The maximum atomic E-state index is 12.3. The van der Waals surface area contributed by atoms with Gasteiger partial charge in [-0.15, -0.1) is 0 Å². The van der Waals surface area contributed by atoms with Crippen LogP contribution >= 0.6 is 11.8 Å². The van der Waals surface area contributed by atoms with Crippen molar-refractivity contribution >= 4 is 34.5 Å². The molecule has 1 aromatic carbocycles. The Morgan fingerprint density at radius 3 is 2.65 bits per heavy atom. The predicted octanol–water partition coefficient (Wildman–Crippen LogP) is 3.68. The van der Waals surface area contributed by atoms with Gasteiger partial charge in [-0.2, -0.15) is 5.10 Å². The van der Waals surface area contributed by atoms with Crippen molar-refractivity contribution in [3.63, 3.8) is 0 Å². The third-order valence-electron chi connectivity index (χ3n) is 5.31. The van der Waals surface area contributed by atoms with E-state index < -0.39 is 0 Å². The number of hydrogen-bond acceptors (Lipinski definition) is 6. The lowest BCUT2D eigenvalue weighted by Crippen LogP contribution is -2.30. The first-order chi connectivity index (χ1) is 15.1. The first-order valence-electron chi connectivity index (χ1n) is 11.1. The van der Waals surface area contributed by atoms with Gasteiger partial charge in [0, 0.05) is 24.9 Å². The maximum Gasteiger partial charge on any atom is 0.224 e. The highest BCUT2D eigenvalue weighted by atomic mass is 32.2. The second-order valence-electron chi connectivity index (χ2n) is 8.16.